The van der Waals surface area contributed by atoms with Gasteiger partial charge in [0, 0.05) is 161 Å². The molecule has 24 heteroatoms. The third kappa shape index (κ3) is 21.5. The Hall–Kier alpha value is -4.24. The Morgan fingerprint density at radius 1 is 0.330 bits per heavy atom. The lowest BCUT2D eigenvalue weighted by Gasteiger charge is -2.50. The number of hydrogen-bond donors (Lipinski definition) is 6. The minimum Gasteiger partial charge on any atom is -0.462 e. The van der Waals surface area contributed by atoms with Crippen LogP contribution in [0.3, 0.4) is 0 Å². The van der Waals surface area contributed by atoms with Crippen LogP contribution in [0.15, 0.2) is 0 Å². The van der Waals surface area contributed by atoms with Crippen molar-refractivity contribution in [2.75, 3.05) is 26.6 Å². The Bertz CT molecular complexity index is 3150. The molecule has 1 spiro atoms. The lowest BCUT2D eigenvalue weighted by Crippen LogP contribution is -2.65. The van der Waals surface area contributed by atoms with E-state index in [1.165, 1.54) is 0 Å². The number of carbonyl (C=O) groups excluding carboxylic acids is 8. The number of nitrogens with one attached hydrogen (secondary N) is 6. The van der Waals surface area contributed by atoms with Gasteiger partial charge in [0.25, 0.3) is 0 Å². The van der Waals surface area contributed by atoms with E-state index in [1.807, 2.05) is 166 Å². The lowest BCUT2D eigenvalue weighted by molar-refractivity contribution is -0.309. The van der Waals surface area contributed by atoms with Gasteiger partial charge in [0.1, 0.15) is 43.4 Å². The van der Waals surface area contributed by atoms with Crippen molar-refractivity contribution in [1.29, 1.82) is 0 Å². The third-order valence-corrected chi connectivity index (χ3v) is 24.2. The first-order valence-electron chi connectivity index (χ1n) is 40.8. The topological polar surface area (TPSA) is 301 Å². The van der Waals surface area contributed by atoms with E-state index in [0.717, 1.165) is 0 Å². The standard InChI is InChI=1S/C85H146N6O18/c1-31-57(61(92)104-51-33-71(7,8)86-72(9,10)34-51)84(65(96)106-53-37-75(15,16)88-76(17,18)38-53,66(97)107-54-39-77(19,20)89-78(21,22)40-54)63(94)69(3,4)45-59-83(47-100-50-103-59)48-101-60(102-49-83)46-70(5,6)64(95)85(67(98)108-55-41-79(23,24)90-80(25,26)42-55,68(99)109-56-43-81(27,28)91-82(29,30)44-56)58(32-2)62(93)105-52-35-73(11,12)87-74(13,14)36-52/h51-60,86-91H,31-50H2,1-30H3. The number of ketones is 2. The quantitative estimate of drug-likeness (QED) is 0.0297. The maximum atomic E-state index is 17.0. The van der Waals surface area contributed by atoms with Gasteiger partial charge in [-0.15, -0.1) is 0 Å². The molecule has 24 nitrogen and oxygen atoms in total. The molecule has 0 aromatic rings. The van der Waals surface area contributed by atoms with Crippen LogP contribution < -0.4 is 31.9 Å². The van der Waals surface area contributed by atoms with Gasteiger partial charge < -0.3 is 79.3 Å². The van der Waals surface area contributed by atoms with Crippen LogP contribution in [-0.2, 0) is 85.7 Å². The highest BCUT2D eigenvalue weighted by molar-refractivity contribution is 6.25. The third-order valence-electron chi connectivity index (χ3n) is 24.2. The Kier molecular flexibility index (Phi) is 25.7. The van der Waals surface area contributed by atoms with Crippen LogP contribution in [0.2, 0.25) is 0 Å². The molecule has 0 bridgehead atoms. The molecule has 0 amide bonds. The van der Waals surface area contributed by atoms with Gasteiger partial charge in [-0.05, 0) is 185 Å². The highest BCUT2D eigenvalue weighted by Gasteiger charge is 2.70. The molecule has 3 unspecified atom stereocenters. The van der Waals surface area contributed by atoms with Crippen LogP contribution in [0.5, 0.6) is 0 Å². The summed E-state index contributed by atoms with van der Waals surface area (Å²) in [7, 11) is 0. The van der Waals surface area contributed by atoms with Crippen LogP contribution in [0.25, 0.3) is 0 Å². The van der Waals surface area contributed by atoms with Gasteiger partial charge in [-0.3, -0.25) is 38.4 Å². The summed E-state index contributed by atoms with van der Waals surface area (Å²) >= 11 is 0. The predicted molar refractivity (Wildman–Crippen MR) is 416 cm³/mol. The van der Waals surface area contributed by atoms with Gasteiger partial charge in [-0.2, -0.15) is 0 Å². The number of carbonyl (C=O) groups is 8. The molecule has 6 N–H and O–H groups in total. The van der Waals surface area contributed by atoms with Crippen LogP contribution in [0.4, 0.5) is 0 Å². The minimum atomic E-state index is -2.93. The molecule has 3 atom stereocenters. The number of hydrogen-bond acceptors (Lipinski definition) is 24. The second-order valence-electron chi connectivity index (χ2n) is 43.9. The molecular formula is C85H146N6O18. The van der Waals surface area contributed by atoms with Crippen LogP contribution >= 0.6 is 0 Å². The summed E-state index contributed by atoms with van der Waals surface area (Å²) in [5.41, 5.74) is -16.9. The number of esters is 6. The van der Waals surface area contributed by atoms with Crippen molar-refractivity contribution in [3.63, 3.8) is 0 Å². The molecular weight excluding hydrogens is 1390 g/mol. The van der Waals surface area contributed by atoms with Crippen molar-refractivity contribution < 1.29 is 85.7 Å². The summed E-state index contributed by atoms with van der Waals surface area (Å²) in [4.78, 5) is 131. The van der Waals surface area contributed by atoms with E-state index in [9.17, 15) is 0 Å². The van der Waals surface area contributed by atoms with Crippen molar-refractivity contribution in [2.24, 2.45) is 38.9 Å². The summed E-state index contributed by atoms with van der Waals surface area (Å²) in [6, 6.07) is 0. The van der Waals surface area contributed by atoms with E-state index in [2.05, 4.69) is 31.9 Å². The van der Waals surface area contributed by atoms with Gasteiger partial charge in [0.15, 0.2) is 17.9 Å². The zero-order valence-electron chi connectivity index (χ0n) is 72.8. The molecule has 8 heterocycles. The van der Waals surface area contributed by atoms with Gasteiger partial charge in [-0.1, -0.05) is 41.5 Å². The van der Waals surface area contributed by atoms with Gasteiger partial charge >= 0.3 is 35.8 Å². The number of piperidine rings is 6. The zero-order chi connectivity index (χ0) is 82.3. The summed E-state index contributed by atoms with van der Waals surface area (Å²) < 4.78 is 66.1. The summed E-state index contributed by atoms with van der Waals surface area (Å²) in [5, 5.41) is 21.8. The fourth-order valence-corrected chi connectivity index (χ4v) is 22.1. The lowest BCUT2D eigenvalue weighted by atomic mass is 9.61. The number of Topliss-reactive ketones (excluding diaryl/α,β-unsaturated/α-hetero) is 2. The van der Waals surface area contributed by atoms with E-state index in [-0.39, 0.29) is 52.3 Å². The molecule has 109 heavy (non-hydrogen) atoms. The molecule has 8 aliphatic heterocycles. The summed E-state index contributed by atoms with van der Waals surface area (Å²) in [6.45, 7) is 57.5. The molecule has 0 radical (unpaired) electrons. The average molecular weight is 1540 g/mol. The largest absolute Gasteiger partial charge is 0.462 e. The maximum Gasteiger partial charge on any atom is 0.332 e. The Labute approximate surface area is 653 Å². The van der Waals surface area contributed by atoms with Gasteiger partial charge in [-0.25, -0.2) is 0 Å². The van der Waals surface area contributed by atoms with E-state index in [4.69, 9.17) is 47.4 Å². The Morgan fingerprint density at radius 3 is 0.780 bits per heavy atom. The second kappa shape index (κ2) is 31.1. The molecule has 0 aromatic carbocycles. The van der Waals surface area contributed by atoms with Crippen LogP contribution in [0.1, 0.15) is 310 Å². The fourth-order valence-electron chi connectivity index (χ4n) is 22.1. The second-order valence-corrected chi connectivity index (χ2v) is 43.9. The minimum absolute atomic E-state index is 0.0112. The smallest absolute Gasteiger partial charge is 0.332 e. The molecule has 8 fully saturated rings. The first-order valence-corrected chi connectivity index (χ1v) is 40.8. The monoisotopic (exact) mass is 1540 g/mol. The highest BCUT2D eigenvalue weighted by Crippen LogP contribution is 2.52. The van der Waals surface area contributed by atoms with E-state index < -0.39 is 202 Å². The van der Waals surface area contributed by atoms with Crippen LogP contribution in [-0.4, -0.2) is 189 Å². The number of ether oxygens (including phenoxy) is 10. The van der Waals surface area contributed by atoms with Crippen molar-refractivity contribution in [3.8, 4) is 0 Å². The van der Waals surface area contributed by atoms with Crippen molar-refractivity contribution in [3.05, 3.63) is 0 Å². The van der Waals surface area contributed by atoms with E-state index in [0.29, 0.717) is 77.0 Å². The van der Waals surface area contributed by atoms with Gasteiger partial charge in [0.2, 0.25) is 10.8 Å². The molecule has 0 aliphatic carbocycles. The first kappa shape index (κ1) is 90.3. The molecule has 8 rings (SSSR count). The van der Waals surface area contributed by atoms with Crippen molar-refractivity contribution in [1.82, 2.24) is 31.9 Å². The number of rotatable bonds is 24. The molecule has 0 saturated carbocycles. The van der Waals surface area contributed by atoms with Crippen molar-refractivity contribution >= 4 is 47.4 Å². The van der Waals surface area contributed by atoms with E-state index in [1.54, 1.807) is 41.5 Å². The highest BCUT2D eigenvalue weighted by atomic mass is 16.7. The fraction of sp³-hybridized carbons (Fsp3) is 0.906. The van der Waals surface area contributed by atoms with Crippen LogP contribution in [0, 0.1) is 38.9 Å². The average Bonchev–Trinajstić information content (AvgIpc) is 0.731. The maximum absolute atomic E-state index is 17.0. The molecule has 8 saturated heterocycles. The predicted octanol–water partition coefficient (Wildman–Crippen LogP) is 11.8. The zero-order valence-corrected chi connectivity index (χ0v) is 72.8. The molecule has 0 aromatic heterocycles. The SMILES string of the molecule is CCC(C(=O)OC1CC(C)(C)NC(C)(C)C1)C(C(=O)OC1CC(C)(C)NC(C)(C)C1)(C(=O)OC1CC(C)(C)NC(C)(C)C1)C(=O)C(C)(C)CC1OCC2(COCOC2CC(C)(C)C(=O)C(C(=O)OC2CC(C)(C)NC(C)(C)C2)(C(=O)OC2CC(C)(C)NC(C)(C)C2)C(CC)C(=O)OC2CC(C)(C)NC(C)(C)C2)CO1. The summed E-state index contributed by atoms with van der Waals surface area (Å²) in [6.07, 6.45) is -3.33. The molecule has 8 aliphatic rings. The van der Waals surface area contributed by atoms with Gasteiger partial charge in [0.05, 0.1) is 43.2 Å². The Morgan fingerprint density at radius 2 is 0.550 bits per heavy atom. The normalized spacial score (nSPS) is 27.6. The van der Waals surface area contributed by atoms with E-state index >= 15 is 38.4 Å². The first-order chi connectivity index (χ1) is 49.3. The summed E-state index contributed by atoms with van der Waals surface area (Å²) in [5.74, 6) is -11.9. The molecule has 624 valence electrons. The Balaban J connectivity index is 1.17. The van der Waals surface area contributed by atoms with Crippen molar-refractivity contribution in [2.45, 2.75) is 426 Å².